The van der Waals surface area contributed by atoms with Gasteiger partial charge in [0.05, 0.1) is 34.0 Å². The van der Waals surface area contributed by atoms with Crippen LogP contribution in [0.4, 0.5) is 5.82 Å². The lowest BCUT2D eigenvalue weighted by Crippen LogP contribution is -2.36. The second-order valence-corrected chi connectivity index (χ2v) is 6.26. The molecule has 0 radical (unpaired) electrons. The molecule has 3 rings (SSSR count). The van der Waals surface area contributed by atoms with Crippen LogP contribution in [0.15, 0.2) is 30.3 Å². The Morgan fingerprint density at radius 1 is 1.08 bits per heavy atom. The molecule has 0 atom stereocenters. The molecule has 0 amide bonds. The van der Waals surface area contributed by atoms with Crippen LogP contribution in [0.5, 0.6) is 17.2 Å². The van der Waals surface area contributed by atoms with Gasteiger partial charge in [-0.15, -0.1) is 0 Å². The van der Waals surface area contributed by atoms with Crippen LogP contribution < -0.4 is 19.1 Å². The Morgan fingerprint density at radius 2 is 1.85 bits per heavy atom. The third-order valence-electron chi connectivity index (χ3n) is 4.20. The molecule has 140 valence electrons. The summed E-state index contributed by atoms with van der Waals surface area (Å²) in [5.41, 5.74) is 1.11. The van der Waals surface area contributed by atoms with E-state index in [0.717, 1.165) is 30.9 Å². The van der Waals surface area contributed by atoms with Gasteiger partial charge in [-0.2, -0.15) is 0 Å². The van der Waals surface area contributed by atoms with Crippen LogP contribution in [0.25, 0.3) is 0 Å². The fourth-order valence-electron chi connectivity index (χ4n) is 2.82. The first-order chi connectivity index (χ1) is 12.7. The molecule has 1 aliphatic rings. The molecule has 6 nitrogen and oxygen atoms in total. The molecule has 0 aliphatic carbocycles. The molecule has 0 bridgehead atoms. The lowest BCUT2D eigenvalue weighted by molar-refractivity contribution is 0.122. The van der Waals surface area contributed by atoms with Gasteiger partial charge < -0.3 is 23.8 Å². The van der Waals surface area contributed by atoms with Gasteiger partial charge in [0.2, 0.25) is 0 Å². The summed E-state index contributed by atoms with van der Waals surface area (Å²) < 4.78 is 21.9. The molecule has 1 saturated heterocycles. The SMILES string of the molecule is COc1ccc(CCOc2cc(Cl)nc(N3CCOCC3)c2)cc1OC. The molecular formula is C19H23ClN2O4. The number of benzene rings is 1. The third kappa shape index (κ3) is 4.71. The first kappa shape index (κ1) is 18.6. The van der Waals surface area contributed by atoms with Crippen molar-refractivity contribution in [3.8, 4) is 17.2 Å². The quantitative estimate of drug-likeness (QED) is 0.689. The van der Waals surface area contributed by atoms with Crippen molar-refractivity contribution in [1.29, 1.82) is 0 Å². The van der Waals surface area contributed by atoms with Crippen molar-refractivity contribution in [2.24, 2.45) is 0 Å². The van der Waals surface area contributed by atoms with Crippen molar-refractivity contribution in [2.45, 2.75) is 6.42 Å². The highest BCUT2D eigenvalue weighted by Gasteiger charge is 2.14. The number of morpholine rings is 1. The van der Waals surface area contributed by atoms with E-state index in [9.17, 15) is 0 Å². The van der Waals surface area contributed by atoms with Gasteiger partial charge >= 0.3 is 0 Å². The van der Waals surface area contributed by atoms with Gasteiger partial charge in [-0.1, -0.05) is 17.7 Å². The van der Waals surface area contributed by atoms with Gasteiger partial charge in [0.1, 0.15) is 16.7 Å². The first-order valence-electron chi connectivity index (χ1n) is 8.53. The van der Waals surface area contributed by atoms with Crippen molar-refractivity contribution < 1.29 is 18.9 Å². The average Bonchev–Trinajstić information content (AvgIpc) is 2.68. The van der Waals surface area contributed by atoms with Crippen LogP contribution in [0.1, 0.15) is 5.56 Å². The number of halogens is 1. The largest absolute Gasteiger partial charge is 0.493 e. The Labute approximate surface area is 158 Å². The molecule has 0 N–H and O–H groups in total. The molecule has 0 spiro atoms. The second-order valence-electron chi connectivity index (χ2n) is 5.87. The van der Waals surface area contributed by atoms with E-state index >= 15 is 0 Å². The normalized spacial score (nSPS) is 14.2. The summed E-state index contributed by atoms with van der Waals surface area (Å²) in [6, 6.07) is 9.52. The molecule has 2 aromatic rings. The maximum atomic E-state index is 6.16. The third-order valence-corrected chi connectivity index (χ3v) is 4.39. The molecule has 1 aromatic carbocycles. The number of ether oxygens (including phenoxy) is 4. The summed E-state index contributed by atoms with van der Waals surface area (Å²) in [5, 5.41) is 0.426. The minimum Gasteiger partial charge on any atom is -0.493 e. The number of aromatic nitrogens is 1. The van der Waals surface area contributed by atoms with Crippen LogP contribution in [0.2, 0.25) is 5.15 Å². The molecule has 26 heavy (non-hydrogen) atoms. The highest BCUT2D eigenvalue weighted by Crippen LogP contribution is 2.28. The number of methoxy groups -OCH3 is 2. The minimum atomic E-state index is 0.426. The maximum absolute atomic E-state index is 6.16. The van der Waals surface area contributed by atoms with E-state index in [-0.39, 0.29) is 0 Å². The molecule has 0 saturated carbocycles. The lowest BCUT2D eigenvalue weighted by Gasteiger charge is -2.28. The lowest BCUT2D eigenvalue weighted by atomic mass is 10.1. The van der Waals surface area contributed by atoms with Gasteiger partial charge in [0.25, 0.3) is 0 Å². The van der Waals surface area contributed by atoms with Crippen LogP contribution in [-0.4, -0.2) is 52.1 Å². The fourth-order valence-corrected chi connectivity index (χ4v) is 3.02. The molecule has 1 fully saturated rings. The van der Waals surface area contributed by atoms with Gasteiger partial charge in [-0.05, 0) is 17.7 Å². The Kier molecular flexibility index (Phi) is 6.41. The van der Waals surface area contributed by atoms with Crippen molar-refractivity contribution in [3.63, 3.8) is 0 Å². The average molecular weight is 379 g/mol. The number of hydrogen-bond donors (Lipinski definition) is 0. The van der Waals surface area contributed by atoms with Gasteiger partial charge in [-0.25, -0.2) is 4.98 Å². The van der Waals surface area contributed by atoms with Gasteiger partial charge in [0, 0.05) is 31.6 Å². The van der Waals surface area contributed by atoms with Crippen molar-refractivity contribution in [1.82, 2.24) is 4.98 Å². The predicted molar refractivity (Wildman–Crippen MR) is 101 cm³/mol. The van der Waals surface area contributed by atoms with Crippen molar-refractivity contribution in [2.75, 3.05) is 52.0 Å². The van der Waals surface area contributed by atoms with E-state index in [2.05, 4.69) is 9.88 Å². The Bertz CT molecular complexity index is 735. The van der Waals surface area contributed by atoms with E-state index in [0.29, 0.717) is 42.2 Å². The Morgan fingerprint density at radius 3 is 2.58 bits per heavy atom. The zero-order chi connectivity index (χ0) is 18.4. The molecular weight excluding hydrogens is 356 g/mol. The summed E-state index contributed by atoms with van der Waals surface area (Å²) in [7, 11) is 3.25. The first-order valence-corrected chi connectivity index (χ1v) is 8.91. The molecule has 7 heteroatoms. The maximum Gasteiger partial charge on any atom is 0.160 e. The van der Waals surface area contributed by atoms with E-state index in [1.165, 1.54) is 0 Å². The number of anilines is 1. The van der Waals surface area contributed by atoms with Crippen LogP contribution >= 0.6 is 11.6 Å². The number of rotatable bonds is 7. The van der Waals surface area contributed by atoms with E-state index < -0.39 is 0 Å². The zero-order valence-electron chi connectivity index (χ0n) is 15.0. The number of pyridine rings is 1. The minimum absolute atomic E-state index is 0.426. The predicted octanol–water partition coefficient (Wildman–Crippen LogP) is 3.21. The van der Waals surface area contributed by atoms with Gasteiger partial charge in [0.15, 0.2) is 11.5 Å². The highest BCUT2D eigenvalue weighted by atomic mass is 35.5. The van der Waals surface area contributed by atoms with Crippen LogP contribution in [-0.2, 0) is 11.2 Å². The summed E-state index contributed by atoms with van der Waals surface area (Å²) in [4.78, 5) is 6.54. The monoisotopic (exact) mass is 378 g/mol. The molecule has 2 heterocycles. The zero-order valence-corrected chi connectivity index (χ0v) is 15.8. The summed E-state index contributed by atoms with van der Waals surface area (Å²) in [6.45, 7) is 3.53. The number of hydrogen-bond acceptors (Lipinski definition) is 6. The molecule has 1 aromatic heterocycles. The summed E-state index contributed by atoms with van der Waals surface area (Å²) >= 11 is 6.16. The van der Waals surface area contributed by atoms with Crippen LogP contribution in [0, 0.1) is 0 Å². The Balaban J connectivity index is 1.62. The van der Waals surface area contributed by atoms with E-state index in [1.807, 2.05) is 24.3 Å². The van der Waals surface area contributed by atoms with Gasteiger partial charge in [-0.3, -0.25) is 0 Å². The van der Waals surface area contributed by atoms with Crippen molar-refractivity contribution >= 4 is 17.4 Å². The smallest absolute Gasteiger partial charge is 0.160 e. The van der Waals surface area contributed by atoms with E-state index in [1.54, 1.807) is 20.3 Å². The van der Waals surface area contributed by atoms with Crippen molar-refractivity contribution in [3.05, 3.63) is 41.0 Å². The topological polar surface area (TPSA) is 53.1 Å². The Hall–Kier alpha value is -2.18. The highest BCUT2D eigenvalue weighted by molar-refractivity contribution is 6.29. The van der Waals surface area contributed by atoms with E-state index in [4.69, 9.17) is 30.5 Å². The van der Waals surface area contributed by atoms with Crippen LogP contribution in [0.3, 0.4) is 0 Å². The number of nitrogens with zero attached hydrogens (tertiary/aromatic N) is 2. The summed E-state index contributed by atoms with van der Waals surface area (Å²) in [5.74, 6) is 2.97. The molecule has 1 aliphatic heterocycles. The summed E-state index contributed by atoms with van der Waals surface area (Å²) in [6.07, 6.45) is 0.743. The standard InChI is InChI=1S/C19H23ClN2O4/c1-23-16-4-3-14(11-17(16)24-2)5-8-26-15-12-18(20)21-19(13-15)22-6-9-25-10-7-22/h3-4,11-13H,5-10H2,1-2H3. The second kappa shape index (κ2) is 8.96. The fraction of sp³-hybridized carbons (Fsp3) is 0.421. The molecule has 0 unspecified atom stereocenters.